The van der Waals surface area contributed by atoms with Crippen LogP contribution < -0.4 is 4.74 Å². The maximum Gasteiger partial charge on any atom is 0.314 e. The molecule has 0 atom stereocenters. The third kappa shape index (κ3) is 8.52. The zero-order valence-electron chi connectivity index (χ0n) is 20.8. The van der Waals surface area contributed by atoms with Crippen molar-refractivity contribution in [2.45, 2.75) is 123 Å². The molecule has 3 heteroatoms. The Morgan fingerprint density at radius 2 is 1.41 bits per heavy atom. The fourth-order valence-electron chi connectivity index (χ4n) is 5.83. The Kier molecular flexibility index (Phi) is 11.1. The van der Waals surface area contributed by atoms with Gasteiger partial charge in [-0.05, 0) is 68.4 Å². The standard InChI is InChI=1S/C29H47NO2/c1-3-5-7-8-23-10-12-24(13-11-23)14-15-25-16-18-26(19-17-25)29(31)32-28-21-20-27(30-22-28)9-6-4-2/h20-26H,3-19H2,1-2H3. The molecule has 1 aromatic heterocycles. The molecule has 0 bridgehead atoms. The second kappa shape index (κ2) is 14.0. The first kappa shape index (κ1) is 25.2. The predicted octanol–water partition coefficient (Wildman–Crippen LogP) is 8.30. The minimum Gasteiger partial charge on any atom is -0.425 e. The molecule has 0 spiro atoms. The monoisotopic (exact) mass is 441 g/mol. The number of esters is 1. The summed E-state index contributed by atoms with van der Waals surface area (Å²) in [5, 5.41) is 0. The van der Waals surface area contributed by atoms with Crippen molar-refractivity contribution in [1.82, 2.24) is 4.98 Å². The molecule has 0 aliphatic heterocycles. The van der Waals surface area contributed by atoms with Gasteiger partial charge in [0, 0.05) is 5.69 Å². The fourth-order valence-corrected chi connectivity index (χ4v) is 5.83. The highest BCUT2D eigenvalue weighted by molar-refractivity contribution is 5.75. The van der Waals surface area contributed by atoms with E-state index in [2.05, 4.69) is 18.8 Å². The van der Waals surface area contributed by atoms with Crippen molar-refractivity contribution in [1.29, 1.82) is 0 Å². The fraction of sp³-hybridized carbons (Fsp3) is 0.793. The Balaban J connectivity index is 1.29. The van der Waals surface area contributed by atoms with Crippen LogP contribution in [0.3, 0.4) is 0 Å². The van der Waals surface area contributed by atoms with Crippen LogP contribution in [0.5, 0.6) is 5.75 Å². The van der Waals surface area contributed by atoms with E-state index in [-0.39, 0.29) is 11.9 Å². The lowest BCUT2D eigenvalue weighted by molar-refractivity contribution is -0.140. The normalized spacial score (nSPS) is 26.1. The lowest BCUT2D eigenvalue weighted by atomic mass is 9.75. The Labute approximate surface area is 197 Å². The van der Waals surface area contributed by atoms with Crippen molar-refractivity contribution in [3.05, 3.63) is 24.0 Å². The molecule has 0 amide bonds. The van der Waals surface area contributed by atoms with Crippen LogP contribution in [-0.4, -0.2) is 11.0 Å². The van der Waals surface area contributed by atoms with Crippen molar-refractivity contribution < 1.29 is 9.53 Å². The van der Waals surface area contributed by atoms with Gasteiger partial charge >= 0.3 is 5.97 Å². The van der Waals surface area contributed by atoms with Gasteiger partial charge in [-0.15, -0.1) is 0 Å². The van der Waals surface area contributed by atoms with E-state index in [1.165, 1.54) is 83.5 Å². The van der Waals surface area contributed by atoms with Gasteiger partial charge in [0.2, 0.25) is 0 Å². The molecule has 1 heterocycles. The van der Waals surface area contributed by atoms with Gasteiger partial charge in [0.1, 0.15) is 5.75 Å². The van der Waals surface area contributed by atoms with E-state index >= 15 is 0 Å². The van der Waals surface area contributed by atoms with Gasteiger partial charge in [-0.1, -0.05) is 84.5 Å². The summed E-state index contributed by atoms with van der Waals surface area (Å²) in [7, 11) is 0. The van der Waals surface area contributed by atoms with Crippen LogP contribution in [-0.2, 0) is 11.2 Å². The Morgan fingerprint density at radius 1 is 0.812 bits per heavy atom. The number of pyridine rings is 1. The molecular weight excluding hydrogens is 394 g/mol. The third-order valence-electron chi connectivity index (χ3n) is 8.15. The number of carbonyl (C=O) groups excluding carboxylic acids is 1. The number of hydrogen-bond acceptors (Lipinski definition) is 3. The van der Waals surface area contributed by atoms with Gasteiger partial charge in [-0.3, -0.25) is 9.78 Å². The van der Waals surface area contributed by atoms with Crippen LogP contribution >= 0.6 is 0 Å². The minimum atomic E-state index is -0.0482. The molecule has 1 aromatic rings. The van der Waals surface area contributed by atoms with E-state index in [0.717, 1.165) is 49.1 Å². The summed E-state index contributed by atoms with van der Waals surface area (Å²) in [4.78, 5) is 17.1. The van der Waals surface area contributed by atoms with E-state index in [0.29, 0.717) is 5.75 Å². The molecule has 0 N–H and O–H groups in total. The second-order valence-electron chi connectivity index (χ2n) is 10.7. The number of hydrogen-bond donors (Lipinski definition) is 0. The van der Waals surface area contributed by atoms with Crippen LogP contribution in [0.25, 0.3) is 0 Å². The van der Waals surface area contributed by atoms with E-state index in [4.69, 9.17) is 4.74 Å². The smallest absolute Gasteiger partial charge is 0.314 e. The number of carbonyl (C=O) groups is 1. The number of nitrogens with zero attached hydrogens (tertiary/aromatic N) is 1. The van der Waals surface area contributed by atoms with Crippen LogP contribution in [0.15, 0.2) is 18.3 Å². The maximum atomic E-state index is 12.6. The third-order valence-corrected chi connectivity index (χ3v) is 8.15. The first-order valence-corrected chi connectivity index (χ1v) is 13.8. The minimum absolute atomic E-state index is 0.0482. The van der Waals surface area contributed by atoms with Crippen molar-refractivity contribution in [2.75, 3.05) is 0 Å². The van der Waals surface area contributed by atoms with E-state index in [1.54, 1.807) is 6.20 Å². The van der Waals surface area contributed by atoms with Gasteiger partial charge in [-0.25, -0.2) is 0 Å². The molecule has 0 aromatic carbocycles. The quantitative estimate of drug-likeness (QED) is 0.242. The van der Waals surface area contributed by atoms with Gasteiger partial charge in [-0.2, -0.15) is 0 Å². The van der Waals surface area contributed by atoms with Crippen molar-refractivity contribution >= 4 is 5.97 Å². The van der Waals surface area contributed by atoms with Gasteiger partial charge in [0.05, 0.1) is 12.1 Å². The summed E-state index contributed by atoms with van der Waals surface area (Å²) in [5.41, 5.74) is 1.08. The van der Waals surface area contributed by atoms with Crippen molar-refractivity contribution in [2.24, 2.45) is 23.7 Å². The molecule has 3 rings (SSSR count). The van der Waals surface area contributed by atoms with Crippen LogP contribution in [0.4, 0.5) is 0 Å². The number of aromatic nitrogens is 1. The lowest BCUT2D eigenvalue weighted by Gasteiger charge is -2.31. The average molecular weight is 442 g/mol. The highest BCUT2D eigenvalue weighted by atomic mass is 16.5. The summed E-state index contributed by atoms with van der Waals surface area (Å²) < 4.78 is 5.65. The summed E-state index contributed by atoms with van der Waals surface area (Å²) in [6.07, 6.45) is 23.7. The molecule has 0 unspecified atom stereocenters. The molecular formula is C29H47NO2. The van der Waals surface area contributed by atoms with E-state index in [9.17, 15) is 4.79 Å². The largest absolute Gasteiger partial charge is 0.425 e. The van der Waals surface area contributed by atoms with E-state index in [1.807, 2.05) is 12.1 Å². The number of ether oxygens (including phenoxy) is 1. The van der Waals surface area contributed by atoms with Crippen molar-refractivity contribution in [3.63, 3.8) is 0 Å². The topological polar surface area (TPSA) is 39.2 Å². The molecule has 2 aliphatic carbocycles. The second-order valence-corrected chi connectivity index (χ2v) is 10.7. The zero-order chi connectivity index (χ0) is 22.6. The first-order chi connectivity index (χ1) is 15.7. The molecule has 180 valence electrons. The van der Waals surface area contributed by atoms with Gasteiger partial charge < -0.3 is 4.74 Å². The van der Waals surface area contributed by atoms with Crippen LogP contribution in [0, 0.1) is 23.7 Å². The van der Waals surface area contributed by atoms with Gasteiger partial charge in [0.15, 0.2) is 0 Å². The highest BCUT2D eigenvalue weighted by Gasteiger charge is 2.29. The molecule has 0 radical (unpaired) electrons. The molecule has 3 nitrogen and oxygen atoms in total. The first-order valence-electron chi connectivity index (χ1n) is 13.8. The predicted molar refractivity (Wildman–Crippen MR) is 133 cm³/mol. The van der Waals surface area contributed by atoms with Crippen LogP contribution in [0.1, 0.15) is 122 Å². The highest BCUT2D eigenvalue weighted by Crippen LogP contribution is 2.38. The number of aryl methyl sites for hydroxylation is 1. The SMILES string of the molecule is CCCCCC1CCC(CCC2CCC(C(=O)Oc3ccc(CCCC)nc3)CC2)CC1. The van der Waals surface area contributed by atoms with Gasteiger partial charge in [0.25, 0.3) is 0 Å². The number of unbranched alkanes of at least 4 members (excludes halogenated alkanes) is 3. The molecule has 32 heavy (non-hydrogen) atoms. The summed E-state index contributed by atoms with van der Waals surface area (Å²) in [6, 6.07) is 3.90. The Hall–Kier alpha value is -1.38. The Morgan fingerprint density at radius 3 is 1.97 bits per heavy atom. The summed E-state index contributed by atoms with van der Waals surface area (Å²) in [5.74, 6) is 3.43. The average Bonchev–Trinajstić information content (AvgIpc) is 2.83. The van der Waals surface area contributed by atoms with Crippen molar-refractivity contribution in [3.8, 4) is 5.75 Å². The number of rotatable bonds is 12. The maximum absolute atomic E-state index is 12.6. The molecule has 0 saturated heterocycles. The molecule has 2 fully saturated rings. The van der Waals surface area contributed by atoms with E-state index < -0.39 is 0 Å². The summed E-state index contributed by atoms with van der Waals surface area (Å²) >= 11 is 0. The zero-order valence-corrected chi connectivity index (χ0v) is 20.8. The molecule has 2 aliphatic rings. The molecule has 2 saturated carbocycles. The van der Waals surface area contributed by atoms with Crippen LogP contribution in [0.2, 0.25) is 0 Å². The Bertz CT molecular complexity index is 640. The lowest BCUT2D eigenvalue weighted by Crippen LogP contribution is -2.26. The summed E-state index contributed by atoms with van der Waals surface area (Å²) in [6.45, 7) is 4.49.